The van der Waals surface area contributed by atoms with Crippen LogP contribution in [0.25, 0.3) is 0 Å². The number of ether oxygens (including phenoxy) is 1. The smallest absolute Gasteiger partial charge is 0.270 e. The van der Waals surface area contributed by atoms with Gasteiger partial charge in [-0.05, 0) is 56.6 Å². The molecule has 0 spiro atoms. The van der Waals surface area contributed by atoms with E-state index in [1.54, 1.807) is 13.0 Å². The molecule has 2 heterocycles. The molecule has 2 saturated heterocycles. The van der Waals surface area contributed by atoms with E-state index in [4.69, 9.17) is 16.2 Å². The molecule has 0 aromatic heterocycles. The second-order valence-corrected chi connectivity index (χ2v) is 17.2. The van der Waals surface area contributed by atoms with E-state index in [0.717, 1.165) is 22.9 Å². The highest BCUT2D eigenvalue weighted by atomic mass is 16.5. The van der Waals surface area contributed by atoms with Gasteiger partial charge in [0, 0.05) is 27.1 Å². The minimum absolute atomic E-state index is 0.0234. The standard InChI is InChI=1S/C43H64N10O14/c1-8-24-42(65)52(6)19-31(56)50-33(35(58)36(45)59)40(63)51-32(22(5)67-7)43(66)53-18-21(4)15-28(53)39(62)49-26(16-23-11-9-10-12-29(23)54)37(60)48-27(17-30(44)55)38(61)47-25(14-13-20(2)3)34(57)41(64)46-24/h8-12,20-22,25-28,32-35,54,57-58H,13-19H2,1-7H3,(H2,44,55)(H2,45,59)(H,46,64)(H,47,61)(H,48,60)(H,49,62)(H,50,56)(H,51,63)/b24-8+/t21-,22+,25?,26-,27-,28-,32-,33+,34?,35-/m0/s1. The number of nitrogens with zero attached hydrogens (tertiary/aromatic N) is 2. The van der Waals surface area contributed by atoms with E-state index in [1.807, 2.05) is 13.8 Å². The van der Waals surface area contributed by atoms with Crippen molar-refractivity contribution in [3.63, 3.8) is 0 Å². The number of nitrogens with two attached hydrogens (primary N) is 2. The van der Waals surface area contributed by atoms with Crippen molar-refractivity contribution in [3.05, 3.63) is 41.6 Å². The molecule has 0 radical (unpaired) electrons. The Morgan fingerprint density at radius 1 is 0.881 bits per heavy atom. The van der Waals surface area contributed by atoms with Crippen LogP contribution in [0.5, 0.6) is 5.75 Å². The summed E-state index contributed by atoms with van der Waals surface area (Å²) in [4.78, 5) is 138. The first kappa shape index (κ1) is 54.7. The fraction of sp³-hybridized carbons (Fsp3) is 0.581. The van der Waals surface area contributed by atoms with E-state index in [1.165, 1.54) is 39.2 Å². The summed E-state index contributed by atoms with van der Waals surface area (Å²) in [6.45, 7) is 7.21. The van der Waals surface area contributed by atoms with Crippen molar-refractivity contribution in [1.82, 2.24) is 41.7 Å². The maximum absolute atomic E-state index is 14.4. The van der Waals surface area contributed by atoms with Gasteiger partial charge in [-0.2, -0.15) is 0 Å². The summed E-state index contributed by atoms with van der Waals surface area (Å²) in [7, 11) is 2.34. The molecule has 0 saturated carbocycles. The van der Waals surface area contributed by atoms with Gasteiger partial charge in [-0.3, -0.25) is 47.9 Å². The lowest BCUT2D eigenvalue weighted by Gasteiger charge is -2.33. The number of nitrogens with one attached hydrogen (secondary N) is 6. The van der Waals surface area contributed by atoms with Gasteiger partial charge in [0.25, 0.3) is 11.8 Å². The van der Waals surface area contributed by atoms with E-state index < -0.39 is 139 Å². The summed E-state index contributed by atoms with van der Waals surface area (Å²) < 4.78 is 5.39. The van der Waals surface area contributed by atoms with Crippen LogP contribution in [-0.2, 0) is 59.1 Å². The van der Waals surface area contributed by atoms with Crippen molar-refractivity contribution >= 4 is 59.1 Å². The average Bonchev–Trinajstić information content (AvgIpc) is 3.67. The van der Waals surface area contributed by atoms with Gasteiger partial charge in [-0.15, -0.1) is 0 Å². The molecule has 10 atom stereocenters. The van der Waals surface area contributed by atoms with Gasteiger partial charge >= 0.3 is 0 Å². The lowest BCUT2D eigenvalue weighted by molar-refractivity contribution is -0.146. The minimum atomic E-state index is -2.38. The first-order chi connectivity index (χ1) is 31.4. The first-order valence-electron chi connectivity index (χ1n) is 21.7. The molecule has 24 heteroatoms. The van der Waals surface area contributed by atoms with Crippen LogP contribution >= 0.6 is 0 Å². The zero-order valence-corrected chi connectivity index (χ0v) is 38.6. The predicted octanol–water partition coefficient (Wildman–Crippen LogP) is -4.36. The summed E-state index contributed by atoms with van der Waals surface area (Å²) in [5.41, 5.74) is 10.5. The number of aromatic hydroxyl groups is 1. The molecule has 0 aliphatic carbocycles. The van der Waals surface area contributed by atoms with Crippen molar-refractivity contribution in [3.8, 4) is 5.75 Å². The average molecular weight is 945 g/mol. The molecule has 67 heavy (non-hydrogen) atoms. The third kappa shape index (κ3) is 15.2. The highest BCUT2D eigenvalue weighted by Gasteiger charge is 2.45. The molecule has 2 unspecified atom stereocenters. The van der Waals surface area contributed by atoms with E-state index >= 15 is 0 Å². The summed E-state index contributed by atoms with van der Waals surface area (Å²) in [5, 5.41) is 47.0. The number of para-hydroxylation sites is 1. The molecule has 2 aliphatic heterocycles. The predicted molar refractivity (Wildman–Crippen MR) is 236 cm³/mol. The van der Waals surface area contributed by atoms with Gasteiger partial charge in [0.2, 0.25) is 47.3 Å². The highest BCUT2D eigenvalue weighted by Crippen LogP contribution is 2.26. The number of likely N-dealkylation sites (N-methyl/N-ethyl adjacent to an activating group) is 1. The molecular weight excluding hydrogens is 881 g/mol. The zero-order chi connectivity index (χ0) is 50.4. The number of aliphatic hydroxyl groups is 2. The maximum Gasteiger partial charge on any atom is 0.270 e. The largest absolute Gasteiger partial charge is 0.508 e. The molecule has 3 rings (SSSR count). The molecule has 2 fully saturated rings. The number of hydrogen-bond acceptors (Lipinski definition) is 14. The van der Waals surface area contributed by atoms with Crippen molar-refractivity contribution in [2.75, 3.05) is 27.2 Å². The van der Waals surface area contributed by atoms with E-state index in [9.17, 15) is 63.3 Å². The number of hydrogen-bond donors (Lipinski definition) is 11. The Kier molecular flexibility index (Phi) is 20.2. The third-order valence-electron chi connectivity index (χ3n) is 11.3. The van der Waals surface area contributed by atoms with Gasteiger partial charge in [0.15, 0.2) is 12.2 Å². The Bertz CT molecular complexity index is 2070. The summed E-state index contributed by atoms with van der Waals surface area (Å²) >= 11 is 0. The third-order valence-corrected chi connectivity index (χ3v) is 11.3. The number of methoxy groups -OCH3 is 1. The number of allylic oxidation sites excluding steroid dienone is 1. The SMILES string of the molecule is C/C=C1/NC(=O)C(O)C(CCC(C)C)NC(=O)[C@H](CC(N)=O)NC(=O)[C@H](Cc2ccccc2O)NC(=O)[C@@H]2C[C@H](C)CN2C(=O)[C@H]([C@@H](C)OC)NC(=O)[C@@H]([C@H](O)C(N)=O)NC(=O)CN(C)C1=O. The number of amides is 10. The summed E-state index contributed by atoms with van der Waals surface area (Å²) in [6.07, 6.45) is -5.31. The lowest BCUT2D eigenvalue weighted by atomic mass is 9.98. The lowest BCUT2D eigenvalue weighted by Crippen LogP contribution is -2.64. The quantitative estimate of drug-likeness (QED) is 0.0935. The molecule has 1 aromatic carbocycles. The van der Waals surface area contributed by atoms with Crippen LogP contribution in [0.3, 0.4) is 0 Å². The molecular formula is C43H64N10O14. The zero-order valence-electron chi connectivity index (χ0n) is 38.6. The maximum atomic E-state index is 14.4. The summed E-state index contributed by atoms with van der Waals surface area (Å²) in [5.74, 6) is -11.6. The number of benzene rings is 1. The Morgan fingerprint density at radius 3 is 2.09 bits per heavy atom. The number of aliphatic hydroxyl groups excluding tert-OH is 2. The second kappa shape index (κ2) is 24.7. The normalized spacial score (nSPS) is 27.3. The molecule has 2 aliphatic rings. The number of rotatable bonds is 11. The molecule has 0 bridgehead atoms. The Hall–Kier alpha value is -6.66. The number of primary amides is 2. The van der Waals surface area contributed by atoms with Crippen LogP contribution < -0.4 is 43.4 Å². The van der Waals surface area contributed by atoms with Crippen LogP contribution in [-0.4, -0.2) is 166 Å². The Morgan fingerprint density at radius 2 is 1.51 bits per heavy atom. The topological polar surface area (TPSA) is 371 Å². The van der Waals surface area contributed by atoms with Crippen molar-refractivity contribution < 1.29 is 68.0 Å². The van der Waals surface area contributed by atoms with Crippen molar-refractivity contribution in [1.29, 1.82) is 0 Å². The Balaban J connectivity index is 2.22. The van der Waals surface area contributed by atoms with Gasteiger partial charge in [0.05, 0.1) is 25.1 Å². The van der Waals surface area contributed by atoms with Gasteiger partial charge < -0.3 is 73.2 Å². The molecule has 370 valence electrons. The fourth-order valence-corrected chi connectivity index (χ4v) is 7.45. The van der Waals surface area contributed by atoms with E-state index in [-0.39, 0.29) is 42.5 Å². The minimum Gasteiger partial charge on any atom is -0.508 e. The van der Waals surface area contributed by atoms with Crippen LogP contribution in [0.2, 0.25) is 0 Å². The second-order valence-electron chi connectivity index (χ2n) is 17.2. The fourth-order valence-electron chi connectivity index (χ4n) is 7.45. The van der Waals surface area contributed by atoms with Crippen molar-refractivity contribution in [2.45, 2.75) is 121 Å². The molecule has 24 nitrogen and oxygen atoms in total. The number of phenolic OH excluding ortho intramolecular Hbond substituents is 1. The molecule has 1 aromatic rings. The van der Waals surface area contributed by atoms with Gasteiger partial charge in [-0.25, -0.2) is 0 Å². The van der Waals surface area contributed by atoms with Crippen molar-refractivity contribution in [2.24, 2.45) is 23.3 Å². The van der Waals surface area contributed by atoms with E-state index in [2.05, 4.69) is 31.9 Å². The van der Waals surface area contributed by atoms with Crippen LogP contribution in [0.1, 0.15) is 65.9 Å². The monoisotopic (exact) mass is 944 g/mol. The highest BCUT2D eigenvalue weighted by molar-refractivity contribution is 6.02. The van der Waals surface area contributed by atoms with Crippen LogP contribution in [0.15, 0.2) is 36.0 Å². The Labute approximate surface area is 387 Å². The first-order valence-corrected chi connectivity index (χ1v) is 21.7. The number of carbonyl (C=O) groups excluding carboxylic acids is 10. The van der Waals surface area contributed by atoms with Gasteiger partial charge in [-0.1, -0.05) is 45.0 Å². The number of fused-ring (bicyclic) bond motifs is 1. The number of carbonyl (C=O) groups is 10. The molecule has 10 amide bonds. The van der Waals surface area contributed by atoms with E-state index in [0.29, 0.717) is 6.42 Å². The molecule has 13 N–H and O–H groups in total. The van der Waals surface area contributed by atoms with Gasteiger partial charge in [0.1, 0.15) is 41.7 Å². The van der Waals surface area contributed by atoms with Crippen LogP contribution in [0, 0.1) is 11.8 Å². The summed E-state index contributed by atoms with van der Waals surface area (Å²) in [6, 6.07) is -4.03. The van der Waals surface area contributed by atoms with Crippen LogP contribution in [0.4, 0.5) is 0 Å². The number of phenols is 1.